The average Bonchev–Trinajstić information content (AvgIpc) is 2.98. The van der Waals surface area contributed by atoms with E-state index in [-0.39, 0.29) is 5.41 Å². The van der Waals surface area contributed by atoms with Crippen LogP contribution in [-0.4, -0.2) is 6.61 Å². The van der Waals surface area contributed by atoms with Gasteiger partial charge in [-0.25, -0.2) is 0 Å². The Bertz CT molecular complexity index is 370. The zero-order chi connectivity index (χ0) is 11.8. The molecule has 0 aromatic heterocycles. The molecule has 2 rings (SSSR count). The molecule has 1 heteroatoms. The summed E-state index contributed by atoms with van der Waals surface area (Å²) in [5.74, 6) is 1.89. The van der Waals surface area contributed by atoms with Crippen molar-refractivity contribution in [3.05, 3.63) is 29.3 Å². The molecule has 0 spiro atoms. The van der Waals surface area contributed by atoms with E-state index in [0.717, 1.165) is 18.3 Å². The van der Waals surface area contributed by atoms with E-state index in [1.807, 2.05) is 0 Å². The molecule has 0 saturated heterocycles. The first-order chi connectivity index (χ1) is 7.48. The van der Waals surface area contributed by atoms with Gasteiger partial charge < -0.3 is 4.74 Å². The van der Waals surface area contributed by atoms with E-state index >= 15 is 0 Å². The van der Waals surface area contributed by atoms with Crippen LogP contribution in [-0.2, 0) is 5.41 Å². The van der Waals surface area contributed by atoms with Gasteiger partial charge in [-0.2, -0.15) is 0 Å². The second-order valence-electron chi connectivity index (χ2n) is 5.93. The lowest BCUT2D eigenvalue weighted by Gasteiger charge is -2.23. The first-order valence-electron chi connectivity index (χ1n) is 6.21. The molecule has 0 unspecified atom stereocenters. The Morgan fingerprint density at radius 3 is 2.50 bits per heavy atom. The summed E-state index contributed by atoms with van der Waals surface area (Å²) < 4.78 is 5.90. The van der Waals surface area contributed by atoms with Crippen molar-refractivity contribution >= 4 is 0 Å². The Morgan fingerprint density at radius 1 is 1.25 bits per heavy atom. The molecule has 1 saturated carbocycles. The van der Waals surface area contributed by atoms with Crippen LogP contribution in [0.2, 0.25) is 0 Å². The van der Waals surface area contributed by atoms with Gasteiger partial charge in [0.25, 0.3) is 0 Å². The molecule has 0 atom stereocenters. The summed E-state index contributed by atoms with van der Waals surface area (Å²) in [6, 6.07) is 6.40. The van der Waals surface area contributed by atoms with Gasteiger partial charge >= 0.3 is 0 Å². The third-order valence-electron chi connectivity index (χ3n) is 3.26. The number of rotatable bonds is 3. The Balaban J connectivity index is 2.17. The van der Waals surface area contributed by atoms with Crippen LogP contribution in [0.5, 0.6) is 5.75 Å². The lowest BCUT2D eigenvalue weighted by Crippen LogP contribution is -2.14. The fraction of sp³-hybridized carbons (Fsp3) is 0.600. The van der Waals surface area contributed by atoms with Gasteiger partial charge in [-0.1, -0.05) is 32.9 Å². The molecule has 88 valence electrons. The first-order valence-corrected chi connectivity index (χ1v) is 6.21. The number of benzene rings is 1. The van der Waals surface area contributed by atoms with Gasteiger partial charge in [-0.05, 0) is 48.3 Å². The lowest BCUT2D eigenvalue weighted by molar-refractivity contribution is 0.297. The topological polar surface area (TPSA) is 9.23 Å². The molecular weight excluding hydrogens is 196 g/mol. The molecule has 1 aromatic carbocycles. The van der Waals surface area contributed by atoms with E-state index in [1.165, 1.54) is 24.0 Å². The Hall–Kier alpha value is -0.980. The smallest absolute Gasteiger partial charge is 0.122 e. The quantitative estimate of drug-likeness (QED) is 0.742. The van der Waals surface area contributed by atoms with Gasteiger partial charge in [-0.3, -0.25) is 0 Å². The van der Waals surface area contributed by atoms with Crippen molar-refractivity contribution in [1.29, 1.82) is 0 Å². The molecule has 0 radical (unpaired) electrons. The minimum Gasteiger partial charge on any atom is -0.493 e. The van der Waals surface area contributed by atoms with Crippen molar-refractivity contribution < 1.29 is 4.74 Å². The van der Waals surface area contributed by atoms with Gasteiger partial charge in [0.15, 0.2) is 0 Å². The van der Waals surface area contributed by atoms with Crippen LogP contribution in [0.3, 0.4) is 0 Å². The summed E-state index contributed by atoms with van der Waals surface area (Å²) in [5, 5.41) is 0. The summed E-state index contributed by atoms with van der Waals surface area (Å²) in [7, 11) is 0. The van der Waals surface area contributed by atoms with Crippen LogP contribution < -0.4 is 4.74 Å². The zero-order valence-corrected chi connectivity index (χ0v) is 10.8. The van der Waals surface area contributed by atoms with Gasteiger partial charge in [0.1, 0.15) is 5.75 Å². The highest BCUT2D eigenvalue weighted by Gasteiger charge is 2.23. The molecule has 16 heavy (non-hydrogen) atoms. The maximum absolute atomic E-state index is 5.90. The highest BCUT2D eigenvalue weighted by atomic mass is 16.5. The van der Waals surface area contributed by atoms with E-state index in [9.17, 15) is 0 Å². The molecule has 0 aliphatic heterocycles. The van der Waals surface area contributed by atoms with Gasteiger partial charge in [-0.15, -0.1) is 0 Å². The molecule has 1 fully saturated rings. The third kappa shape index (κ3) is 2.58. The Labute approximate surface area is 98.8 Å². The van der Waals surface area contributed by atoms with E-state index in [4.69, 9.17) is 4.74 Å². The second-order valence-corrected chi connectivity index (χ2v) is 5.93. The van der Waals surface area contributed by atoms with Crippen LogP contribution in [0, 0.1) is 12.8 Å². The monoisotopic (exact) mass is 218 g/mol. The predicted molar refractivity (Wildman–Crippen MR) is 68.1 cm³/mol. The molecule has 0 amide bonds. The van der Waals surface area contributed by atoms with Crippen LogP contribution in [0.1, 0.15) is 44.7 Å². The van der Waals surface area contributed by atoms with Crippen molar-refractivity contribution in [1.82, 2.24) is 0 Å². The summed E-state index contributed by atoms with van der Waals surface area (Å²) >= 11 is 0. The largest absolute Gasteiger partial charge is 0.493 e. The van der Waals surface area contributed by atoms with Crippen LogP contribution >= 0.6 is 0 Å². The highest BCUT2D eigenvalue weighted by molar-refractivity contribution is 5.42. The summed E-state index contributed by atoms with van der Waals surface area (Å²) in [6.07, 6.45) is 2.69. The summed E-state index contributed by atoms with van der Waals surface area (Å²) in [4.78, 5) is 0. The van der Waals surface area contributed by atoms with Crippen molar-refractivity contribution in [3.63, 3.8) is 0 Å². The Morgan fingerprint density at radius 2 is 1.94 bits per heavy atom. The normalized spacial score (nSPS) is 16.2. The minimum atomic E-state index is 0.197. The fourth-order valence-corrected chi connectivity index (χ4v) is 2.08. The van der Waals surface area contributed by atoms with Crippen molar-refractivity contribution in [3.8, 4) is 5.75 Å². The van der Waals surface area contributed by atoms with Crippen LogP contribution in [0.15, 0.2) is 18.2 Å². The zero-order valence-electron chi connectivity index (χ0n) is 10.8. The van der Waals surface area contributed by atoms with Crippen molar-refractivity contribution in [2.24, 2.45) is 5.92 Å². The third-order valence-corrected chi connectivity index (χ3v) is 3.26. The maximum Gasteiger partial charge on any atom is 0.122 e. The predicted octanol–water partition coefficient (Wildman–Crippen LogP) is 4.08. The Kier molecular flexibility index (Phi) is 2.96. The average molecular weight is 218 g/mol. The minimum absolute atomic E-state index is 0.197. The van der Waals surface area contributed by atoms with E-state index in [0.29, 0.717) is 0 Å². The van der Waals surface area contributed by atoms with E-state index in [2.05, 4.69) is 45.9 Å². The SMILES string of the molecule is Cc1c(OCC2CC2)cccc1C(C)(C)C. The molecule has 1 aliphatic carbocycles. The molecule has 0 bridgehead atoms. The maximum atomic E-state index is 5.90. The van der Waals surface area contributed by atoms with E-state index < -0.39 is 0 Å². The first kappa shape index (κ1) is 11.5. The summed E-state index contributed by atoms with van der Waals surface area (Å²) in [5.41, 5.74) is 2.89. The number of hydrogen-bond acceptors (Lipinski definition) is 1. The van der Waals surface area contributed by atoms with Crippen LogP contribution in [0.4, 0.5) is 0 Å². The number of ether oxygens (including phenoxy) is 1. The van der Waals surface area contributed by atoms with Crippen molar-refractivity contribution in [2.75, 3.05) is 6.61 Å². The second kappa shape index (κ2) is 4.12. The standard InChI is InChI=1S/C15H22O/c1-11-13(15(2,3)4)6-5-7-14(11)16-10-12-8-9-12/h5-7,12H,8-10H2,1-4H3. The van der Waals surface area contributed by atoms with Gasteiger partial charge in [0.2, 0.25) is 0 Å². The molecule has 0 heterocycles. The number of hydrogen-bond donors (Lipinski definition) is 0. The molecule has 0 N–H and O–H groups in total. The fourth-order valence-electron chi connectivity index (χ4n) is 2.08. The molecule has 1 nitrogen and oxygen atoms in total. The van der Waals surface area contributed by atoms with Gasteiger partial charge in [0.05, 0.1) is 6.61 Å². The van der Waals surface area contributed by atoms with Crippen molar-refractivity contribution in [2.45, 2.75) is 46.0 Å². The summed E-state index contributed by atoms with van der Waals surface area (Å²) in [6.45, 7) is 9.82. The van der Waals surface area contributed by atoms with Gasteiger partial charge in [0, 0.05) is 0 Å². The van der Waals surface area contributed by atoms with Crippen LogP contribution in [0.25, 0.3) is 0 Å². The molecular formula is C15H22O. The lowest BCUT2D eigenvalue weighted by atomic mass is 9.84. The molecule has 1 aliphatic rings. The highest BCUT2D eigenvalue weighted by Crippen LogP contribution is 2.33. The molecule has 1 aromatic rings. The van der Waals surface area contributed by atoms with E-state index in [1.54, 1.807) is 0 Å².